The van der Waals surface area contributed by atoms with Gasteiger partial charge in [0.25, 0.3) is 0 Å². The quantitative estimate of drug-likeness (QED) is 0.191. The molecule has 0 radical (unpaired) electrons. The average Bonchev–Trinajstić information content (AvgIpc) is 3.61. The van der Waals surface area contributed by atoms with Crippen LogP contribution in [0.25, 0.3) is 55.4 Å². The van der Waals surface area contributed by atoms with Crippen LogP contribution in [0.5, 0.6) is 0 Å². The standard InChI is InChI=1S/C35H32FN5O/c1-21-12-24(15-26(36)13-21)28-8-5-9-31-29(28)18-33(39-31)35-30-17-23(10-11-32(30)40-41-35)25-16-27(20-37-19-25)38-34(42)14-22-6-3-2-4-7-22/h5,8-13,15-20,22,39H,2-4,6-7,14H2,1H3,(H,38,42)(H,40,41). The fourth-order valence-corrected chi connectivity index (χ4v) is 6.36. The van der Waals surface area contributed by atoms with Crippen molar-refractivity contribution in [1.82, 2.24) is 20.2 Å². The lowest BCUT2D eigenvalue weighted by Gasteiger charge is -2.20. The van der Waals surface area contributed by atoms with E-state index in [1.54, 1.807) is 12.3 Å². The number of hydrogen-bond donors (Lipinski definition) is 3. The van der Waals surface area contributed by atoms with E-state index in [-0.39, 0.29) is 11.7 Å². The second-order valence-electron chi connectivity index (χ2n) is 11.5. The van der Waals surface area contributed by atoms with Crippen LogP contribution in [0.3, 0.4) is 0 Å². The molecule has 1 fully saturated rings. The van der Waals surface area contributed by atoms with Crippen molar-refractivity contribution in [3.8, 4) is 33.6 Å². The van der Waals surface area contributed by atoms with E-state index in [0.29, 0.717) is 18.0 Å². The van der Waals surface area contributed by atoms with Crippen molar-refractivity contribution in [3.05, 3.63) is 90.5 Å². The average molecular weight is 558 g/mol. The van der Waals surface area contributed by atoms with Gasteiger partial charge >= 0.3 is 0 Å². The summed E-state index contributed by atoms with van der Waals surface area (Å²) in [5.74, 6) is 0.293. The first kappa shape index (κ1) is 26.1. The molecule has 210 valence electrons. The number of fused-ring (bicyclic) bond motifs is 2. The van der Waals surface area contributed by atoms with Crippen molar-refractivity contribution in [1.29, 1.82) is 0 Å². The number of aryl methyl sites for hydroxylation is 1. The minimum absolute atomic E-state index is 0.0556. The maximum absolute atomic E-state index is 14.2. The zero-order valence-electron chi connectivity index (χ0n) is 23.5. The number of rotatable bonds is 6. The minimum atomic E-state index is -0.245. The summed E-state index contributed by atoms with van der Waals surface area (Å²) < 4.78 is 14.2. The second kappa shape index (κ2) is 10.9. The Labute approximate surface area is 243 Å². The van der Waals surface area contributed by atoms with E-state index in [1.807, 2.05) is 55.6 Å². The van der Waals surface area contributed by atoms with Gasteiger partial charge in [-0.05, 0) is 90.4 Å². The molecule has 0 saturated heterocycles. The van der Waals surface area contributed by atoms with E-state index in [4.69, 9.17) is 0 Å². The zero-order chi connectivity index (χ0) is 28.6. The van der Waals surface area contributed by atoms with Crippen LogP contribution in [-0.2, 0) is 4.79 Å². The second-order valence-corrected chi connectivity index (χ2v) is 11.5. The van der Waals surface area contributed by atoms with Crippen molar-refractivity contribution in [2.75, 3.05) is 5.32 Å². The molecule has 7 heteroatoms. The molecule has 0 unspecified atom stereocenters. The van der Waals surface area contributed by atoms with Crippen molar-refractivity contribution in [3.63, 3.8) is 0 Å². The highest BCUT2D eigenvalue weighted by molar-refractivity contribution is 6.02. The highest BCUT2D eigenvalue weighted by Gasteiger charge is 2.18. The van der Waals surface area contributed by atoms with Crippen LogP contribution >= 0.6 is 0 Å². The van der Waals surface area contributed by atoms with Gasteiger partial charge in [0.1, 0.15) is 11.5 Å². The molecule has 6 nitrogen and oxygen atoms in total. The SMILES string of the molecule is Cc1cc(F)cc(-c2cccc3[nH]c(-c4n[nH]c5ccc(-c6cncc(NC(=O)CC7CCCCC7)c6)cc45)cc23)c1. The molecule has 1 amide bonds. The molecule has 0 aliphatic heterocycles. The van der Waals surface area contributed by atoms with Gasteiger partial charge in [-0.3, -0.25) is 14.9 Å². The Morgan fingerprint density at radius 1 is 0.905 bits per heavy atom. The summed E-state index contributed by atoms with van der Waals surface area (Å²) in [6, 6.07) is 21.3. The lowest BCUT2D eigenvalue weighted by Crippen LogP contribution is -2.18. The maximum atomic E-state index is 14.2. The first-order chi connectivity index (χ1) is 20.5. The molecule has 3 aromatic carbocycles. The van der Waals surface area contributed by atoms with Crippen molar-refractivity contribution < 1.29 is 9.18 Å². The molecule has 1 aliphatic carbocycles. The number of carbonyl (C=O) groups is 1. The van der Waals surface area contributed by atoms with Crippen LogP contribution in [0.1, 0.15) is 44.1 Å². The predicted molar refractivity (Wildman–Crippen MR) is 167 cm³/mol. The fourth-order valence-electron chi connectivity index (χ4n) is 6.36. The summed E-state index contributed by atoms with van der Waals surface area (Å²) in [7, 11) is 0. The van der Waals surface area contributed by atoms with E-state index in [1.165, 1.54) is 25.3 Å². The molecular weight excluding hydrogens is 525 g/mol. The predicted octanol–water partition coefficient (Wildman–Crippen LogP) is 8.80. The largest absolute Gasteiger partial charge is 0.353 e. The van der Waals surface area contributed by atoms with Crippen LogP contribution < -0.4 is 5.32 Å². The van der Waals surface area contributed by atoms with E-state index in [2.05, 4.69) is 37.6 Å². The van der Waals surface area contributed by atoms with Crippen LogP contribution in [0.4, 0.5) is 10.1 Å². The van der Waals surface area contributed by atoms with Gasteiger partial charge in [0.05, 0.1) is 23.1 Å². The van der Waals surface area contributed by atoms with Gasteiger partial charge in [-0.2, -0.15) is 5.10 Å². The minimum Gasteiger partial charge on any atom is -0.353 e. The first-order valence-electron chi connectivity index (χ1n) is 14.6. The highest BCUT2D eigenvalue weighted by atomic mass is 19.1. The van der Waals surface area contributed by atoms with E-state index >= 15 is 0 Å². The van der Waals surface area contributed by atoms with E-state index in [0.717, 1.165) is 73.9 Å². The fraction of sp³-hybridized carbons (Fsp3) is 0.229. The lowest BCUT2D eigenvalue weighted by atomic mass is 9.87. The first-order valence-corrected chi connectivity index (χ1v) is 14.6. The smallest absolute Gasteiger partial charge is 0.224 e. The Morgan fingerprint density at radius 2 is 1.79 bits per heavy atom. The molecule has 3 heterocycles. The maximum Gasteiger partial charge on any atom is 0.224 e. The summed E-state index contributed by atoms with van der Waals surface area (Å²) in [5.41, 5.74) is 8.83. The van der Waals surface area contributed by atoms with E-state index in [9.17, 15) is 9.18 Å². The number of amides is 1. The summed E-state index contributed by atoms with van der Waals surface area (Å²) >= 11 is 0. The molecule has 42 heavy (non-hydrogen) atoms. The number of H-pyrrole nitrogens is 2. The normalized spacial score (nSPS) is 14.0. The third-order valence-corrected chi connectivity index (χ3v) is 8.39. The van der Waals surface area contributed by atoms with Crippen LogP contribution in [0.15, 0.2) is 79.1 Å². The molecule has 3 N–H and O–H groups in total. The molecule has 7 rings (SSSR count). The molecule has 6 aromatic rings. The zero-order valence-corrected chi connectivity index (χ0v) is 23.5. The Balaban J connectivity index is 1.20. The summed E-state index contributed by atoms with van der Waals surface area (Å²) in [6.07, 6.45) is 10.1. The van der Waals surface area contributed by atoms with E-state index < -0.39 is 0 Å². The number of aromatic amines is 2. The van der Waals surface area contributed by atoms with Crippen molar-refractivity contribution in [2.45, 2.75) is 45.4 Å². The van der Waals surface area contributed by atoms with Crippen LogP contribution in [0.2, 0.25) is 0 Å². The summed E-state index contributed by atoms with van der Waals surface area (Å²) in [4.78, 5) is 20.7. The van der Waals surface area contributed by atoms with Gasteiger partial charge in [0.2, 0.25) is 5.91 Å². The Kier molecular flexibility index (Phi) is 6.78. The van der Waals surface area contributed by atoms with Gasteiger partial charge in [-0.15, -0.1) is 0 Å². The molecule has 0 spiro atoms. The molecule has 0 atom stereocenters. The van der Waals surface area contributed by atoms with Crippen LogP contribution in [0, 0.1) is 18.7 Å². The number of halogens is 1. The number of anilines is 1. The van der Waals surface area contributed by atoms with Gasteiger partial charge in [-0.25, -0.2) is 4.39 Å². The molecule has 1 aliphatic rings. The number of carbonyl (C=O) groups excluding carboxylic acids is 1. The topological polar surface area (TPSA) is 86.5 Å². The number of hydrogen-bond acceptors (Lipinski definition) is 3. The number of nitrogens with zero attached hydrogens (tertiary/aromatic N) is 2. The van der Waals surface area contributed by atoms with Gasteiger partial charge in [0, 0.05) is 34.5 Å². The van der Waals surface area contributed by atoms with Crippen molar-refractivity contribution >= 4 is 33.4 Å². The number of nitrogens with one attached hydrogen (secondary N) is 3. The summed E-state index contributed by atoms with van der Waals surface area (Å²) in [5, 5.41) is 12.8. The Hall–Kier alpha value is -4.78. The van der Waals surface area contributed by atoms with Gasteiger partial charge in [-0.1, -0.05) is 43.5 Å². The highest BCUT2D eigenvalue weighted by Crippen LogP contribution is 2.36. The molecule has 3 aromatic heterocycles. The monoisotopic (exact) mass is 557 g/mol. The number of benzene rings is 3. The third kappa shape index (κ3) is 5.18. The van der Waals surface area contributed by atoms with Gasteiger partial charge in [0.15, 0.2) is 0 Å². The summed E-state index contributed by atoms with van der Waals surface area (Å²) in [6.45, 7) is 1.90. The Bertz CT molecular complexity index is 1910. The molecule has 0 bridgehead atoms. The molecular formula is C35H32FN5O. The van der Waals surface area contributed by atoms with Crippen LogP contribution in [-0.4, -0.2) is 26.1 Å². The molecule has 1 saturated carbocycles. The van der Waals surface area contributed by atoms with Gasteiger partial charge < -0.3 is 10.3 Å². The number of pyridine rings is 1. The number of aromatic nitrogens is 4. The van der Waals surface area contributed by atoms with Crippen molar-refractivity contribution in [2.24, 2.45) is 5.92 Å². The third-order valence-electron chi connectivity index (χ3n) is 8.39. The lowest BCUT2D eigenvalue weighted by molar-refractivity contribution is -0.117. The Morgan fingerprint density at radius 3 is 2.64 bits per heavy atom.